The molecule has 1 atom stereocenters. The van der Waals surface area contributed by atoms with Gasteiger partial charge in [0.15, 0.2) is 0 Å². The van der Waals surface area contributed by atoms with E-state index in [1.54, 1.807) is 19.2 Å². The summed E-state index contributed by atoms with van der Waals surface area (Å²) in [5, 5.41) is 2.78. The zero-order valence-corrected chi connectivity index (χ0v) is 11.2. The van der Waals surface area contributed by atoms with Gasteiger partial charge in [0, 0.05) is 24.8 Å². The van der Waals surface area contributed by atoms with Crippen LogP contribution < -0.4 is 10.2 Å². The average molecular weight is 272 g/mol. The Morgan fingerprint density at radius 3 is 2.63 bits per heavy atom. The predicted octanol–water partition coefficient (Wildman–Crippen LogP) is 3.41. The SMILES string of the molecule is CNCc1ccc(N2CCCC2C)cc1C(F)(F)F. The number of anilines is 1. The van der Waals surface area contributed by atoms with Crippen molar-refractivity contribution in [1.29, 1.82) is 0 Å². The van der Waals surface area contributed by atoms with Crippen LogP contribution in [0.25, 0.3) is 0 Å². The van der Waals surface area contributed by atoms with Crippen LogP contribution in [0.15, 0.2) is 18.2 Å². The zero-order chi connectivity index (χ0) is 14.0. The summed E-state index contributed by atoms with van der Waals surface area (Å²) in [5.41, 5.74) is 0.446. The summed E-state index contributed by atoms with van der Waals surface area (Å²) in [6, 6.07) is 4.98. The fraction of sp³-hybridized carbons (Fsp3) is 0.571. The Hall–Kier alpha value is -1.23. The summed E-state index contributed by atoms with van der Waals surface area (Å²) in [6.07, 6.45) is -2.22. The van der Waals surface area contributed by atoms with E-state index in [1.807, 2.05) is 0 Å². The number of hydrogen-bond acceptors (Lipinski definition) is 2. The van der Waals surface area contributed by atoms with Gasteiger partial charge in [-0.2, -0.15) is 13.2 Å². The molecule has 2 rings (SSSR count). The molecule has 1 N–H and O–H groups in total. The fourth-order valence-electron chi connectivity index (χ4n) is 2.67. The minimum Gasteiger partial charge on any atom is -0.369 e. The molecule has 0 bridgehead atoms. The second-order valence-corrected chi connectivity index (χ2v) is 5.05. The van der Waals surface area contributed by atoms with Crippen LogP contribution in [-0.4, -0.2) is 19.6 Å². The van der Waals surface area contributed by atoms with Crippen molar-refractivity contribution >= 4 is 5.69 Å². The third-order valence-corrected chi connectivity index (χ3v) is 3.65. The number of rotatable bonds is 3. The van der Waals surface area contributed by atoms with Crippen LogP contribution in [0.1, 0.15) is 30.9 Å². The maximum atomic E-state index is 13.1. The summed E-state index contributed by atoms with van der Waals surface area (Å²) in [7, 11) is 1.65. The lowest BCUT2D eigenvalue weighted by atomic mass is 10.0. The van der Waals surface area contributed by atoms with Gasteiger partial charge < -0.3 is 10.2 Å². The molecule has 5 heteroatoms. The minimum absolute atomic E-state index is 0.227. The highest BCUT2D eigenvalue weighted by Crippen LogP contribution is 2.36. The standard InChI is InChI=1S/C14H19F3N2/c1-10-4-3-7-19(10)12-6-5-11(9-18-2)13(8-12)14(15,16)17/h5-6,8,10,18H,3-4,7,9H2,1-2H3. The van der Waals surface area contributed by atoms with E-state index in [-0.39, 0.29) is 6.54 Å². The number of hydrogen-bond donors (Lipinski definition) is 1. The van der Waals surface area contributed by atoms with Gasteiger partial charge in [-0.3, -0.25) is 0 Å². The molecule has 0 radical (unpaired) electrons. The molecule has 106 valence electrons. The number of alkyl halides is 3. The van der Waals surface area contributed by atoms with Gasteiger partial charge in [-0.05, 0) is 44.5 Å². The van der Waals surface area contributed by atoms with Crippen LogP contribution in [0, 0.1) is 0 Å². The molecule has 1 aliphatic rings. The monoisotopic (exact) mass is 272 g/mol. The summed E-state index contributed by atoms with van der Waals surface area (Å²) >= 11 is 0. The third-order valence-electron chi connectivity index (χ3n) is 3.65. The smallest absolute Gasteiger partial charge is 0.369 e. The molecule has 1 unspecified atom stereocenters. The maximum Gasteiger partial charge on any atom is 0.416 e. The normalized spacial score (nSPS) is 20.1. The first-order valence-electron chi connectivity index (χ1n) is 6.55. The second-order valence-electron chi connectivity index (χ2n) is 5.05. The molecule has 0 aromatic heterocycles. The molecule has 1 aromatic carbocycles. The number of halogens is 3. The van der Waals surface area contributed by atoms with Crippen molar-refractivity contribution < 1.29 is 13.2 Å². The van der Waals surface area contributed by atoms with Crippen molar-refractivity contribution in [2.45, 2.75) is 38.5 Å². The van der Waals surface area contributed by atoms with Crippen molar-refractivity contribution in [3.05, 3.63) is 29.3 Å². The Morgan fingerprint density at radius 2 is 2.11 bits per heavy atom. The quantitative estimate of drug-likeness (QED) is 0.907. The van der Waals surface area contributed by atoms with Gasteiger partial charge in [0.25, 0.3) is 0 Å². The molecular formula is C14H19F3N2. The molecule has 0 saturated carbocycles. The zero-order valence-electron chi connectivity index (χ0n) is 11.2. The molecule has 0 aliphatic carbocycles. The van der Waals surface area contributed by atoms with Gasteiger partial charge in [-0.1, -0.05) is 6.07 Å². The van der Waals surface area contributed by atoms with Crippen LogP contribution >= 0.6 is 0 Å². The van der Waals surface area contributed by atoms with E-state index in [0.717, 1.165) is 19.4 Å². The Balaban J connectivity index is 2.37. The van der Waals surface area contributed by atoms with Crippen LogP contribution in [0.2, 0.25) is 0 Å². The highest BCUT2D eigenvalue weighted by atomic mass is 19.4. The van der Waals surface area contributed by atoms with E-state index in [4.69, 9.17) is 0 Å². The molecule has 1 fully saturated rings. The van der Waals surface area contributed by atoms with Gasteiger partial charge in [0.05, 0.1) is 5.56 Å². The van der Waals surface area contributed by atoms with Crippen molar-refractivity contribution in [1.82, 2.24) is 5.32 Å². The minimum atomic E-state index is -4.30. The van der Waals surface area contributed by atoms with Crippen LogP contribution in [0.4, 0.5) is 18.9 Å². The third kappa shape index (κ3) is 3.03. The van der Waals surface area contributed by atoms with Gasteiger partial charge in [0.2, 0.25) is 0 Å². The lowest BCUT2D eigenvalue weighted by Gasteiger charge is -2.25. The molecule has 0 amide bonds. The Morgan fingerprint density at radius 1 is 1.37 bits per heavy atom. The first kappa shape index (κ1) is 14.2. The highest BCUT2D eigenvalue weighted by molar-refractivity contribution is 5.53. The topological polar surface area (TPSA) is 15.3 Å². The first-order chi connectivity index (χ1) is 8.93. The molecule has 0 spiro atoms. The highest BCUT2D eigenvalue weighted by Gasteiger charge is 2.34. The Kier molecular flexibility index (Phi) is 4.04. The number of nitrogens with zero attached hydrogens (tertiary/aromatic N) is 1. The molecule has 1 heterocycles. The molecular weight excluding hydrogens is 253 g/mol. The lowest BCUT2D eigenvalue weighted by Crippen LogP contribution is -2.27. The van der Waals surface area contributed by atoms with Gasteiger partial charge in [0.1, 0.15) is 0 Å². The van der Waals surface area contributed by atoms with Gasteiger partial charge in [-0.15, -0.1) is 0 Å². The van der Waals surface area contributed by atoms with E-state index in [9.17, 15) is 13.2 Å². The van der Waals surface area contributed by atoms with Crippen LogP contribution in [-0.2, 0) is 12.7 Å². The van der Waals surface area contributed by atoms with Crippen LogP contribution in [0.3, 0.4) is 0 Å². The summed E-state index contributed by atoms with van der Waals surface area (Å²) in [6.45, 7) is 3.12. The van der Waals surface area contributed by atoms with E-state index < -0.39 is 11.7 Å². The lowest BCUT2D eigenvalue weighted by molar-refractivity contribution is -0.138. The average Bonchev–Trinajstić information content (AvgIpc) is 2.75. The molecule has 1 aliphatic heterocycles. The number of benzene rings is 1. The van der Waals surface area contributed by atoms with Crippen molar-refractivity contribution in [2.75, 3.05) is 18.5 Å². The summed E-state index contributed by atoms with van der Waals surface area (Å²) in [4.78, 5) is 2.05. The first-order valence-corrected chi connectivity index (χ1v) is 6.55. The summed E-state index contributed by atoms with van der Waals surface area (Å²) < 4.78 is 39.3. The molecule has 1 aromatic rings. The van der Waals surface area contributed by atoms with Gasteiger partial charge >= 0.3 is 6.18 Å². The van der Waals surface area contributed by atoms with Crippen molar-refractivity contribution in [2.24, 2.45) is 0 Å². The Bertz CT molecular complexity index is 443. The van der Waals surface area contributed by atoms with E-state index in [0.29, 0.717) is 17.3 Å². The van der Waals surface area contributed by atoms with Crippen LogP contribution in [0.5, 0.6) is 0 Å². The molecule has 19 heavy (non-hydrogen) atoms. The fourth-order valence-corrected chi connectivity index (χ4v) is 2.67. The largest absolute Gasteiger partial charge is 0.416 e. The summed E-state index contributed by atoms with van der Waals surface area (Å²) in [5.74, 6) is 0. The van der Waals surface area contributed by atoms with Gasteiger partial charge in [-0.25, -0.2) is 0 Å². The van der Waals surface area contributed by atoms with Crippen molar-refractivity contribution in [3.63, 3.8) is 0 Å². The van der Waals surface area contributed by atoms with E-state index >= 15 is 0 Å². The second kappa shape index (κ2) is 5.41. The van der Waals surface area contributed by atoms with E-state index in [2.05, 4.69) is 17.1 Å². The van der Waals surface area contributed by atoms with Crippen molar-refractivity contribution in [3.8, 4) is 0 Å². The van der Waals surface area contributed by atoms with E-state index in [1.165, 1.54) is 6.07 Å². The molecule has 1 saturated heterocycles. The number of nitrogens with one attached hydrogen (secondary N) is 1. The predicted molar refractivity (Wildman–Crippen MR) is 70.2 cm³/mol. The molecule has 2 nitrogen and oxygen atoms in total. The Labute approximate surface area is 111 Å². The maximum absolute atomic E-state index is 13.1.